The molecule has 0 radical (unpaired) electrons. The van der Waals surface area contributed by atoms with E-state index in [1.807, 2.05) is 21.1 Å². The summed E-state index contributed by atoms with van der Waals surface area (Å²) in [6.45, 7) is 4.14. The Morgan fingerprint density at radius 1 is 0.431 bits per heavy atom. The smallest absolute Gasteiger partial charge is 0.306 e. The van der Waals surface area contributed by atoms with Crippen LogP contribution in [0.4, 0.5) is 0 Å². The highest BCUT2D eigenvalue weighted by Gasteiger charge is 2.22. The summed E-state index contributed by atoms with van der Waals surface area (Å²) < 4.78 is 34.0. The van der Waals surface area contributed by atoms with Gasteiger partial charge in [-0.3, -0.25) is 14.2 Å². The number of carbonyl (C=O) groups is 2. The van der Waals surface area contributed by atoms with Gasteiger partial charge >= 0.3 is 11.9 Å². The quantitative estimate of drug-likeness (QED) is 0.0195. The van der Waals surface area contributed by atoms with Crippen LogP contribution >= 0.6 is 7.82 Å². The van der Waals surface area contributed by atoms with E-state index < -0.39 is 32.5 Å². The van der Waals surface area contributed by atoms with Crippen molar-refractivity contribution in [3.05, 3.63) is 0 Å². The molecule has 10 heteroatoms. The molecular formula is C62H108NO8P. The van der Waals surface area contributed by atoms with E-state index >= 15 is 0 Å². The SMILES string of the molecule is CCCCCCCCCCCCCCCCC#CC#CCCCCCCC(=O)OC[C@H](COP(=O)([O-])OCC[N+](C)(C)C)OC(=O)CCCCCCC#CC#CCCCCCCCCCCCCCCCC. The summed E-state index contributed by atoms with van der Waals surface area (Å²) in [6, 6.07) is 0. The van der Waals surface area contributed by atoms with Crippen molar-refractivity contribution in [3.8, 4) is 47.4 Å². The maximum Gasteiger partial charge on any atom is 0.306 e. The first-order valence-electron chi connectivity index (χ1n) is 29.7. The number of likely N-dealkylation sites (N-methyl/N-ethyl adjacent to an activating group) is 1. The van der Waals surface area contributed by atoms with Crippen molar-refractivity contribution in [3.63, 3.8) is 0 Å². The van der Waals surface area contributed by atoms with Crippen LogP contribution in [-0.2, 0) is 32.7 Å². The highest BCUT2D eigenvalue weighted by molar-refractivity contribution is 7.45. The molecule has 9 nitrogen and oxygen atoms in total. The van der Waals surface area contributed by atoms with Gasteiger partial charge < -0.3 is 27.9 Å². The average Bonchev–Trinajstić information content (AvgIpc) is 3.34. The summed E-state index contributed by atoms with van der Waals surface area (Å²) in [7, 11) is 1.10. The van der Waals surface area contributed by atoms with Gasteiger partial charge in [0.1, 0.15) is 19.8 Å². The number of hydrogen-bond acceptors (Lipinski definition) is 8. The van der Waals surface area contributed by atoms with E-state index in [1.165, 1.54) is 167 Å². The first kappa shape index (κ1) is 69.2. The molecule has 0 amide bonds. The van der Waals surface area contributed by atoms with Crippen molar-refractivity contribution in [2.45, 2.75) is 290 Å². The van der Waals surface area contributed by atoms with Crippen molar-refractivity contribution in [2.75, 3.05) is 47.5 Å². The summed E-state index contributed by atoms with van der Waals surface area (Å²) in [5.74, 6) is 23.7. The highest BCUT2D eigenvalue weighted by atomic mass is 31.2. The standard InChI is InChI=1S/C62H108NO8P/c1-6-8-10-12-14-16-18-20-22-24-26-28-30-32-34-36-38-40-42-44-46-48-50-52-54-61(64)68-58-60(59-70-72(66,67)69-57-56-63(3,4)5)71-62(65)55-53-51-49-47-45-43-41-39-37-35-33-31-29-27-25-23-21-19-17-15-13-11-9-7-2/h60H,6-35,44-59H2,1-5H3/t60-/m1/s1. The fourth-order valence-electron chi connectivity index (χ4n) is 8.17. The largest absolute Gasteiger partial charge is 0.756 e. The molecule has 0 saturated heterocycles. The maximum absolute atomic E-state index is 12.8. The number of phosphoric acid groups is 1. The molecule has 0 aromatic heterocycles. The Hall–Kier alpha value is -2.75. The second-order valence-corrected chi connectivity index (χ2v) is 22.5. The molecule has 0 heterocycles. The lowest BCUT2D eigenvalue weighted by Crippen LogP contribution is -2.37. The Morgan fingerprint density at radius 3 is 1.07 bits per heavy atom. The molecule has 0 aromatic rings. The maximum atomic E-state index is 12.8. The van der Waals surface area contributed by atoms with Gasteiger partial charge in [-0.2, -0.15) is 0 Å². The van der Waals surface area contributed by atoms with Crippen LogP contribution in [0.2, 0.25) is 0 Å². The van der Waals surface area contributed by atoms with Crippen molar-refractivity contribution in [1.82, 2.24) is 0 Å². The third-order valence-electron chi connectivity index (χ3n) is 12.8. The molecule has 0 aliphatic heterocycles. The van der Waals surface area contributed by atoms with Crippen LogP contribution in [-0.4, -0.2) is 70.0 Å². The molecule has 414 valence electrons. The topological polar surface area (TPSA) is 111 Å². The lowest BCUT2D eigenvalue weighted by molar-refractivity contribution is -0.870. The number of unbranched alkanes of at least 4 members (excludes halogenated alkanes) is 36. The van der Waals surface area contributed by atoms with Crippen LogP contribution in [0.1, 0.15) is 284 Å². The van der Waals surface area contributed by atoms with Crippen LogP contribution in [0.15, 0.2) is 0 Å². The molecule has 0 aliphatic rings. The second kappa shape index (κ2) is 53.1. The summed E-state index contributed by atoms with van der Waals surface area (Å²) in [6.07, 6.45) is 47.3. The van der Waals surface area contributed by atoms with Crippen molar-refractivity contribution in [1.29, 1.82) is 0 Å². The van der Waals surface area contributed by atoms with Gasteiger partial charge in [0.15, 0.2) is 6.10 Å². The van der Waals surface area contributed by atoms with Crippen molar-refractivity contribution in [2.24, 2.45) is 0 Å². The molecule has 0 rings (SSSR count). The van der Waals surface area contributed by atoms with Crippen LogP contribution in [0.5, 0.6) is 0 Å². The molecule has 0 bridgehead atoms. The molecule has 72 heavy (non-hydrogen) atoms. The minimum atomic E-state index is -4.67. The number of phosphoric ester groups is 1. The van der Waals surface area contributed by atoms with Crippen LogP contribution in [0.3, 0.4) is 0 Å². The number of ether oxygens (including phenoxy) is 2. The van der Waals surface area contributed by atoms with Gasteiger partial charge in [-0.25, -0.2) is 0 Å². The van der Waals surface area contributed by atoms with Crippen molar-refractivity contribution >= 4 is 19.8 Å². The fraction of sp³-hybridized carbons (Fsp3) is 0.839. The minimum Gasteiger partial charge on any atom is -0.756 e. The van der Waals surface area contributed by atoms with Crippen LogP contribution in [0.25, 0.3) is 0 Å². The number of quaternary nitrogens is 1. The van der Waals surface area contributed by atoms with Gasteiger partial charge in [0.05, 0.1) is 27.7 Å². The van der Waals surface area contributed by atoms with Crippen LogP contribution in [0, 0.1) is 47.4 Å². The molecule has 0 spiro atoms. The molecule has 0 fully saturated rings. The van der Waals surface area contributed by atoms with E-state index in [2.05, 4.69) is 61.2 Å². The van der Waals surface area contributed by atoms with E-state index in [0.29, 0.717) is 23.9 Å². The van der Waals surface area contributed by atoms with Gasteiger partial charge in [0.2, 0.25) is 0 Å². The molecule has 0 N–H and O–H groups in total. The Kier molecular flexibility index (Phi) is 51.1. The first-order valence-corrected chi connectivity index (χ1v) is 31.1. The van der Waals surface area contributed by atoms with E-state index in [-0.39, 0.29) is 26.1 Å². The third-order valence-corrected chi connectivity index (χ3v) is 13.8. The summed E-state index contributed by atoms with van der Waals surface area (Å²) >= 11 is 0. The van der Waals surface area contributed by atoms with Gasteiger partial charge in [-0.1, -0.05) is 230 Å². The lowest BCUT2D eigenvalue weighted by Gasteiger charge is -2.28. The normalized spacial score (nSPS) is 12.2. The number of carbonyl (C=O) groups excluding carboxylic acids is 2. The molecule has 1 unspecified atom stereocenters. The fourth-order valence-corrected chi connectivity index (χ4v) is 8.90. The Morgan fingerprint density at radius 2 is 0.736 bits per heavy atom. The Labute approximate surface area is 444 Å². The van der Waals surface area contributed by atoms with Crippen molar-refractivity contribution < 1.29 is 42.1 Å². The third kappa shape index (κ3) is 56.5. The highest BCUT2D eigenvalue weighted by Crippen LogP contribution is 2.38. The number of rotatable bonds is 50. The number of nitrogens with zero attached hydrogens (tertiary/aromatic N) is 1. The van der Waals surface area contributed by atoms with E-state index in [4.69, 9.17) is 18.5 Å². The average molecular weight is 1030 g/mol. The van der Waals surface area contributed by atoms with E-state index in [9.17, 15) is 19.0 Å². The Bertz CT molecular complexity index is 1580. The number of esters is 2. The molecular weight excluding hydrogens is 918 g/mol. The summed E-state index contributed by atoms with van der Waals surface area (Å²) in [5.41, 5.74) is 0. The van der Waals surface area contributed by atoms with Gasteiger partial charge in [0, 0.05) is 38.5 Å². The molecule has 0 saturated carbocycles. The van der Waals surface area contributed by atoms with Crippen LogP contribution < -0.4 is 4.89 Å². The lowest BCUT2D eigenvalue weighted by atomic mass is 10.0. The number of hydrogen-bond donors (Lipinski definition) is 0. The minimum absolute atomic E-state index is 0.0531. The molecule has 0 aliphatic carbocycles. The second-order valence-electron chi connectivity index (χ2n) is 21.1. The Balaban J connectivity index is 4.27. The summed E-state index contributed by atoms with van der Waals surface area (Å²) in [4.78, 5) is 37.8. The van der Waals surface area contributed by atoms with E-state index in [1.54, 1.807) is 0 Å². The predicted molar refractivity (Wildman–Crippen MR) is 300 cm³/mol. The summed E-state index contributed by atoms with van der Waals surface area (Å²) in [5, 5.41) is 0. The molecule has 0 aromatic carbocycles. The zero-order valence-corrected chi connectivity index (χ0v) is 48.2. The molecule has 2 atom stereocenters. The predicted octanol–water partition coefficient (Wildman–Crippen LogP) is 16.1. The first-order chi connectivity index (χ1) is 35.0. The van der Waals surface area contributed by atoms with Gasteiger partial charge in [-0.15, -0.1) is 0 Å². The van der Waals surface area contributed by atoms with Gasteiger partial charge in [0.25, 0.3) is 7.82 Å². The van der Waals surface area contributed by atoms with E-state index in [0.717, 1.165) is 77.0 Å². The monoisotopic (exact) mass is 1030 g/mol. The zero-order valence-electron chi connectivity index (χ0n) is 47.3. The zero-order chi connectivity index (χ0) is 52.7. The van der Waals surface area contributed by atoms with Gasteiger partial charge in [-0.05, 0) is 62.2 Å².